The molecule has 2 nitrogen and oxygen atoms in total. The summed E-state index contributed by atoms with van der Waals surface area (Å²) in [4.78, 5) is 11.5. The van der Waals surface area contributed by atoms with Crippen LogP contribution in [0.25, 0.3) is 120 Å². The molecular formula is C58H38N2S. The van der Waals surface area contributed by atoms with E-state index in [9.17, 15) is 0 Å². The molecule has 2 heterocycles. The molecule has 0 saturated carbocycles. The molecule has 12 rings (SSSR count). The van der Waals surface area contributed by atoms with Crippen LogP contribution in [0.3, 0.4) is 0 Å². The smallest absolute Gasteiger partial charge is 0.0978 e. The Labute approximate surface area is 358 Å². The second kappa shape index (κ2) is 14.4. The van der Waals surface area contributed by atoms with Gasteiger partial charge in [0.1, 0.15) is 0 Å². The molecule has 286 valence electrons. The van der Waals surface area contributed by atoms with Crippen LogP contribution in [0, 0.1) is 0 Å². The van der Waals surface area contributed by atoms with Crippen molar-refractivity contribution in [2.45, 2.75) is 11.8 Å². The van der Waals surface area contributed by atoms with Gasteiger partial charge in [-0.05, 0) is 148 Å². The molecule has 0 unspecified atom stereocenters. The fraction of sp³-hybridized carbons (Fsp3) is 0.0345. The quantitative estimate of drug-likeness (QED) is 0.0952. The van der Waals surface area contributed by atoms with E-state index in [0.717, 1.165) is 49.9 Å². The highest BCUT2D eigenvalue weighted by atomic mass is 32.2. The Morgan fingerprint density at radius 1 is 0.361 bits per heavy atom. The van der Waals surface area contributed by atoms with Crippen LogP contribution in [-0.2, 0) is 0 Å². The molecule has 0 saturated heterocycles. The second-order valence-corrected chi connectivity index (χ2v) is 17.2. The van der Waals surface area contributed by atoms with Gasteiger partial charge in [0.05, 0.1) is 16.7 Å². The average Bonchev–Trinajstić information content (AvgIpc) is 3.33. The number of benzene rings is 10. The predicted molar refractivity (Wildman–Crippen MR) is 263 cm³/mol. The third-order valence-corrected chi connectivity index (χ3v) is 13.3. The first-order valence-corrected chi connectivity index (χ1v) is 22.0. The van der Waals surface area contributed by atoms with Crippen molar-refractivity contribution in [2.75, 3.05) is 5.75 Å². The van der Waals surface area contributed by atoms with Crippen LogP contribution in [0.4, 0.5) is 0 Å². The summed E-state index contributed by atoms with van der Waals surface area (Å²) in [7, 11) is 0. The Kier molecular flexibility index (Phi) is 8.43. The molecular weight excluding hydrogens is 757 g/mol. The van der Waals surface area contributed by atoms with Gasteiger partial charge in [0.2, 0.25) is 0 Å². The van der Waals surface area contributed by atoms with Crippen LogP contribution < -0.4 is 0 Å². The Balaban J connectivity index is 1.10. The minimum atomic E-state index is 0.927. The standard InChI is InChI=1S/C58H38N2S/c1-2-61-45-25-27-49-53(35-45)56(44-23-21-37-12-4-6-14-39(37)33-44)52-34-41(24-26-48(52)55(49)43-22-20-36-11-3-5-13-38(36)32-43)40-15-9-16-42(31-40)54-29-28-51-47-18-8-7-17-46(47)50-19-10-30-59-57(50)58(51)60-54/h3-35H,2H2,1H3. The molecule has 0 fully saturated rings. The van der Waals surface area contributed by atoms with Gasteiger partial charge in [0, 0.05) is 27.4 Å². The lowest BCUT2D eigenvalue weighted by molar-refractivity contribution is 1.37. The molecule has 0 spiro atoms. The number of fused-ring (bicyclic) bond motifs is 10. The van der Waals surface area contributed by atoms with Crippen LogP contribution in [0.1, 0.15) is 6.92 Å². The van der Waals surface area contributed by atoms with E-state index in [2.05, 4.69) is 195 Å². The van der Waals surface area contributed by atoms with E-state index in [1.807, 2.05) is 24.0 Å². The minimum absolute atomic E-state index is 0.927. The molecule has 0 N–H and O–H groups in total. The lowest BCUT2D eigenvalue weighted by atomic mass is 9.84. The molecule has 10 aromatic carbocycles. The summed E-state index contributed by atoms with van der Waals surface area (Å²) in [5.74, 6) is 1.01. The first-order chi connectivity index (χ1) is 30.2. The van der Waals surface area contributed by atoms with Crippen molar-refractivity contribution in [2.24, 2.45) is 0 Å². The average molecular weight is 795 g/mol. The molecule has 0 atom stereocenters. The van der Waals surface area contributed by atoms with Gasteiger partial charge >= 0.3 is 0 Å². The van der Waals surface area contributed by atoms with Crippen molar-refractivity contribution in [3.63, 3.8) is 0 Å². The Morgan fingerprint density at radius 3 is 1.64 bits per heavy atom. The van der Waals surface area contributed by atoms with Crippen molar-refractivity contribution in [1.82, 2.24) is 9.97 Å². The molecule has 0 aliphatic rings. The number of rotatable bonds is 6. The molecule has 0 aliphatic carbocycles. The number of hydrogen-bond acceptors (Lipinski definition) is 3. The van der Waals surface area contributed by atoms with E-state index in [1.165, 1.54) is 81.0 Å². The van der Waals surface area contributed by atoms with Gasteiger partial charge in [0.15, 0.2) is 0 Å². The summed E-state index contributed by atoms with van der Waals surface area (Å²) >= 11 is 1.90. The van der Waals surface area contributed by atoms with E-state index >= 15 is 0 Å². The fourth-order valence-corrected chi connectivity index (χ4v) is 10.3. The maximum atomic E-state index is 5.35. The van der Waals surface area contributed by atoms with Crippen molar-refractivity contribution < 1.29 is 0 Å². The highest BCUT2D eigenvalue weighted by molar-refractivity contribution is 7.99. The number of hydrogen-bond donors (Lipinski definition) is 0. The Bertz CT molecular complexity index is 3700. The lowest BCUT2D eigenvalue weighted by Crippen LogP contribution is -1.93. The number of nitrogens with zero attached hydrogens (tertiary/aromatic N) is 2. The second-order valence-electron chi connectivity index (χ2n) is 15.9. The number of thioether (sulfide) groups is 1. The van der Waals surface area contributed by atoms with Crippen LogP contribution in [0.5, 0.6) is 0 Å². The van der Waals surface area contributed by atoms with Gasteiger partial charge in [-0.3, -0.25) is 4.98 Å². The van der Waals surface area contributed by atoms with Gasteiger partial charge in [-0.15, -0.1) is 11.8 Å². The monoisotopic (exact) mass is 794 g/mol. The van der Waals surface area contributed by atoms with Crippen LogP contribution >= 0.6 is 11.8 Å². The van der Waals surface area contributed by atoms with Crippen molar-refractivity contribution in [1.29, 1.82) is 0 Å². The Morgan fingerprint density at radius 2 is 0.918 bits per heavy atom. The van der Waals surface area contributed by atoms with Crippen molar-refractivity contribution in [3.8, 4) is 44.6 Å². The fourth-order valence-electron chi connectivity index (χ4n) is 9.60. The third kappa shape index (κ3) is 5.96. The molecule has 0 radical (unpaired) electrons. The zero-order valence-corrected chi connectivity index (χ0v) is 34.4. The largest absolute Gasteiger partial charge is 0.254 e. The lowest BCUT2D eigenvalue weighted by Gasteiger charge is -2.20. The van der Waals surface area contributed by atoms with Gasteiger partial charge in [0.25, 0.3) is 0 Å². The van der Waals surface area contributed by atoms with Gasteiger partial charge in [-0.2, -0.15) is 0 Å². The van der Waals surface area contributed by atoms with Crippen molar-refractivity contribution >= 4 is 87.4 Å². The molecule has 12 aromatic rings. The first-order valence-electron chi connectivity index (χ1n) is 21.0. The van der Waals surface area contributed by atoms with Gasteiger partial charge in [-0.25, -0.2) is 4.98 Å². The van der Waals surface area contributed by atoms with Crippen molar-refractivity contribution in [3.05, 3.63) is 200 Å². The maximum Gasteiger partial charge on any atom is 0.0978 e. The summed E-state index contributed by atoms with van der Waals surface area (Å²) in [6.45, 7) is 2.23. The summed E-state index contributed by atoms with van der Waals surface area (Å²) in [6.07, 6.45) is 1.87. The molecule has 0 aliphatic heterocycles. The van der Waals surface area contributed by atoms with E-state index < -0.39 is 0 Å². The number of pyridine rings is 2. The summed E-state index contributed by atoms with van der Waals surface area (Å²) in [5, 5.41) is 14.6. The molecule has 0 amide bonds. The van der Waals surface area contributed by atoms with Crippen LogP contribution in [0.15, 0.2) is 205 Å². The minimum Gasteiger partial charge on any atom is -0.254 e. The summed E-state index contributed by atoms with van der Waals surface area (Å²) < 4.78 is 0. The maximum absolute atomic E-state index is 5.35. The van der Waals surface area contributed by atoms with Crippen LogP contribution in [0.2, 0.25) is 0 Å². The highest BCUT2D eigenvalue weighted by Crippen LogP contribution is 2.47. The van der Waals surface area contributed by atoms with Gasteiger partial charge < -0.3 is 0 Å². The van der Waals surface area contributed by atoms with E-state index in [0.29, 0.717) is 0 Å². The van der Waals surface area contributed by atoms with Crippen LogP contribution in [-0.4, -0.2) is 15.7 Å². The van der Waals surface area contributed by atoms with E-state index in [4.69, 9.17) is 9.97 Å². The third-order valence-electron chi connectivity index (χ3n) is 12.4. The molecule has 3 heteroatoms. The summed E-state index contributed by atoms with van der Waals surface area (Å²) in [6, 6.07) is 71.4. The van der Waals surface area contributed by atoms with Gasteiger partial charge in [-0.1, -0.05) is 146 Å². The first kappa shape index (κ1) is 35.6. The number of aromatic nitrogens is 2. The topological polar surface area (TPSA) is 25.8 Å². The van der Waals surface area contributed by atoms with E-state index in [1.54, 1.807) is 0 Å². The SMILES string of the molecule is CCSc1ccc2c(-c3ccc4ccccc4c3)c3ccc(-c4cccc(-c5ccc6c7ccccc7c7cccnc7c6n5)c4)cc3c(-c3ccc4ccccc4c3)c2c1. The Hall–Kier alpha value is -7.33. The normalized spacial score (nSPS) is 11.8. The molecule has 61 heavy (non-hydrogen) atoms. The zero-order chi connectivity index (χ0) is 40.4. The zero-order valence-electron chi connectivity index (χ0n) is 33.6. The highest BCUT2D eigenvalue weighted by Gasteiger charge is 2.20. The predicted octanol–water partition coefficient (Wildman–Crippen LogP) is 16.3. The molecule has 0 bridgehead atoms. The summed E-state index contributed by atoms with van der Waals surface area (Å²) in [5.41, 5.74) is 11.1. The molecule has 2 aromatic heterocycles. The van der Waals surface area contributed by atoms with E-state index in [-0.39, 0.29) is 0 Å².